The van der Waals surface area contributed by atoms with Gasteiger partial charge in [0.25, 0.3) is 0 Å². The Morgan fingerprint density at radius 3 is 2.32 bits per heavy atom. The third kappa shape index (κ3) is 4.49. The Hall–Kier alpha value is -1.59. The van der Waals surface area contributed by atoms with Crippen molar-refractivity contribution in [3.63, 3.8) is 0 Å². The molecule has 0 aromatic carbocycles. The lowest BCUT2D eigenvalue weighted by molar-refractivity contribution is -0.202. The van der Waals surface area contributed by atoms with Crippen LogP contribution in [0, 0.1) is 34.0 Å². The minimum Gasteiger partial charge on any atom is -0.469 e. The molecule has 0 bridgehead atoms. The van der Waals surface area contributed by atoms with E-state index in [1.807, 2.05) is 0 Å². The molecule has 6 heteroatoms. The second-order valence-electron chi connectivity index (χ2n) is 11.1. The summed E-state index contributed by atoms with van der Waals surface area (Å²) in [5, 5.41) is 0. The number of hydrogen-bond acceptors (Lipinski definition) is 6. The Balaban J connectivity index is 1.90. The highest BCUT2D eigenvalue weighted by Crippen LogP contribution is 2.66. The maximum absolute atomic E-state index is 12.9. The number of rotatable bonds is 5. The third-order valence-corrected chi connectivity index (χ3v) is 9.05. The van der Waals surface area contributed by atoms with Crippen LogP contribution in [0.25, 0.3) is 0 Å². The Bertz CT molecular complexity index is 719. The van der Waals surface area contributed by atoms with Gasteiger partial charge in [0.1, 0.15) is 6.10 Å². The van der Waals surface area contributed by atoms with Crippen molar-refractivity contribution in [1.82, 2.24) is 0 Å². The minimum absolute atomic E-state index is 0.0275. The van der Waals surface area contributed by atoms with Crippen LogP contribution in [0.5, 0.6) is 0 Å². The quantitative estimate of drug-likeness (QED) is 0.460. The van der Waals surface area contributed by atoms with Crippen LogP contribution < -0.4 is 0 Å². The van der Waals surface area contributed by atoms with Crippen LogP contribution in [0.3, 0.4) is 0 Å². The van der Waals surface area contributed by atoms with Gasteiger partial charge in [-0.2, -0.15) is 0 Å². The molecular weight excluding hydrogens is 396 g/mol. The topological polar surface area (TPSA) is 78.9 Å². The van der Waals surface area contributed by atoms with Gasteiger partial charge in [-0.1, -0.05) is 20.3 Å². The molecule has 0 aliphatic heterocycles. The van der Waals surface area contributed by atoms with Crippen LogP contribution in [0.2, 0.25) is 0 Å². The van der Waals surface area contributed by atoms with E-state index in [9.17, 15) is 14.4 Å². The summed E-state index contributed by atoms with van der Waals surface area (Å²) in [4.78, 5) is 36.1. The maximum atomic E-state index is 12.9. The van der Waals surface area contributed by atoms with Crippen LogP contribution in [0.15, 0.2) is 0 Å². The second kappa shape index (κ2) is 8.74. The van der Waals surface area contributed by atoms with Gasteiger partial charge in [0.05, 0.1) is 19.1 Å². The summed E-state index contributed by atoms with van der Waals surface area (Å²) >= 11 is 0. The van der Waals surface area contributed by atoms with Crippen LogP contribution >= 0.6 is 0 Å². The molecule has 3 saturated carbocycles. The summed E-state index contributed by atoms with van der Waals surface area (Å²) in [6, 6.07) is 0. The molecular formula is C25H40O6. The number of carbonyl (C=O) groups is 3. The van der Waals surface area contributed by atoms with Crippen LogP contribution in [-0.2, 0) is 28.6 Å². The lowest BCUT2D eigenvalue weighted by atomic mass is 9.42. The fourth-order valence-electron chi connectivity index (χ4n) is 7.53. The fourth-order valence-corrected chi connectivity index (χ4v) is 7.53. The molecule has 7 atom stereocenters. The van der Waals surface area contributed by atoms with E-state index in [2.05, 4.69) is 20.8 Å². The average molecular weight is 437 g/mol. The normalized spacial score (nSPS) is 42.0. The SMILES string of the molecule is COC(=O)C1(C)CCCC2(C)C3CCC(C)(CCOC(C)=O)CC3C(OC(C)=O)CC12. The molecule has 0 amide bonds. The van der Waals surface area contributed by atoms with Crippen molar-refractivity contribution in [2.75, 3.05) is 13.7 Å². The predicted octanol–water partition coefficient (Wildman–Crippen LogP) is 4.68. The number of hydrogen-bond donors (Lipinski definition) is 0. The summed E-state index contributed by atoms with van der Waals surface area (Å²) in [7, 11) is 1.48. The monoisotopic (exact) mass is 436 g/mol. The van der Waals surface area contributed by atoms with Crippen molar-refractivity contribution in [3.8, 4) is 0 Å². The van der Waals surface area contributed by atoms with E-state index in [-0.39, 0.29) is 46.7 Å². The first-order valence-electron chi connectivity index (χ1n) is 11.8. The minimum atomic E-state index is -0.540. The van der Waals surface area contributed by atoms with E-state index in [1.165, 1.54) is 21.0 Å². The molecule has 3 aliphatic carbocycles. The zero-order valence-electron chi connectivity index (χ0n) is 20.1. The van der Waals surface area contributed by atoms with Gasteiger partial charge >= 0.3 is 17.9 Å². The van der Waals surface area contributed by atoms with Gasteiger partial charge < -0.3 is 14.2 Å². The second-order valence-corrected chi connectivity index (χ2v) is 11.1. The average Bonchev–Trinajstić information content (AvgIpc) is 2.68. The van der Waals surface area contributed by atoms with Crippen molar-refractivity contribution in [2.45, 2.75) is 92.1 Å². The molecule has 176 valence electrons. The molecule has 0 spiro atoms. The predicted molar refractivity (Wildman–Crippen MR) is 116 cm³/mol. The molecule has 31 heavy (non-hydrogen) atoms. The molecule has 0 aromatic heterocycles. The van der Waals surface area contributed by atoms with E-state index in [1.54, 1.807) is 0 Å². The summed E-state index contributed by atoms with van der Waals surface area (Å²) in [5.74, 6) is 0.174. The Labute approximate surface area is 186 Å². The molecule has 0 saturated heterocycles. The van der Waals surface area contributed by atoms with Crippen molar-refractivity contribution in [3.05, 3.63) is 0 Å². The molecule has 0 N–H and O–H groups in total. The molecule has 0 aromatic rings. The Morgan fingerprint density at radius 1 is 1.00 bits per heavy atom. The van der Waals surface area contributed by atoms with Crippen LogP contribution in [-0.4, -0.2) is 37.7 Å². The Morgan fingerprint density at radius 2 is 1.71 bits per heavy atom. The Kier molecular flexibility index (Phi) is 6.79. The van der Waals surface area contributed by atoms with Gasteiger partial charge in [-0.05, 0) is 80.5 Å². The van der Waals surface area contributed by atoms with Crippen molar-refractivity contribution < 1.29 is 28.6 Å². The van der Waals surface area contributed by atoms with Crippen LogP contribution in [0.1, 0.15) is 86.0 Å². The maximum Gasteiger partial charge on any atom is 0.311 e. The molecule has 0 heterocycles. The molecule has 0 radical (unpaired) electrons. The number of ether oxygens (including phenoxy) is 3. The molecule has 3 rings (SSSR count). The number of methoxy groups -OCH3 is 1. The number of fused-ring (bicyclic) bond motifs is 3. The summed E-state index contributed by atoms with van der Waals surface area (Å²) in [5.41, 5.74) is -0.459. The fraction of sp³-hybridized carbons (Fsp3) is 0.880. The van der Waals surface area contributed by atoms with E-state index >= 15 is 0 Å². The van der Waals surface area contributed by atoms with Crippen molar-refractivity contribution >= 4 is 17.9 Å². The molecule has 3 aliphatic rings. The number of carbonyl (C=O) groups excluding carboxylic acids is 3. The first-order valence-corrected chi connectivity index (χ1v) is 11.8. The molecule has 6 nitrogen and oxygen atoms in total. The highest BCUT2D eigenvalue weighted by molar-refractivity contribution is 5.77. The van der Waals surface area contributed by atoms with E-state index in [4.69, 9.17) is 14.2 Å². The summed E-state index contributed by atoms with van der Waals surface area (Å²) in [6.45, 7) is 10.0. The van der Waals surface area contributed by atoms with E-state index in [0.29, 0.717) is 18.9 Å². The van der Waals surface area contributed by atoms with Crippen molar-refractivity contribution in [2.24, 2.45) is 34.0 Å². The van der Waals surface area contributed by atoms with E-state index < -0.39 is 5.41 Å². The van der Waals surface area contributed by atoms with Gasteiger partial charge in [-0.15, -0.1) is 0 Å². The van der Waals surface area contributed by atoms with Crippen molar-refractivity contribution in [1.29, 1.82) is 0 Å². The summed E-state index contributed by atoms with van der Waals surface area (Å²) in [6.07, 6.45) is 7.34. The molecule has 7 unspecified atom stereocenters. The van der Waals surface area contributed by atoms with Gasteiger partial charge in [0.2, 0.25) is 0 Å². The highest BCUT2D eigenvalue weighted by Gasteiger charge is 2.63. The number of esters is 3. The van der Waals surface area contributed by atoms with Gasteiger partial charge in [-0.25, -0.2) is 0 Å². The summed E-state index contributed by atoms with van der Waals surface area (Å²) < 4.78 is 16.4. The van der Waals surface area contributed by atoms with Gasteiger partial charge in [0, 0.05) is 13.8 Å². The standard InChI is InChI=1S/C25H40O6/c1-16(26)30-13-12-23(3)11-8-19-18(15-23)20(31-17(2)27)14-21-24(19,4)9-7-10-25(21,5)22(28)29-6/h18-21H,7-15H2,1-6H3. The van der Waals surface area contributed by atoms with Gasteiger partial charge in [-0.3, -0.25) is 14.4 Å². The third-order valence-electron chi connectivity index (χ3n) is 9.05. The first kappa shape index (κ1) is 24.1. The zero-order chi connectivity index (χ0) is 23.0. The zero-order valence-corrected chi connectivity index (χ0v) is 20.1. The van der Waals surface area contributed by atoms with E-state index in [0.717, 1.165) is 44.9 Å². The van der Waals surface area contributed by atoms with Crippen LogP contribution in [0.4, 0.5) is 0 Å². The lowest BCUT2D eigenvalue weighted by Gasteiger charge is -2.63. The largest absolute Gasteiger partial charge is 0.469 e. The van der Waals surface area contributed by atoms with Gasteiger partial charge in [0.15, 0.2) is 0 Å². The lowest BCUT2D eigenvalue weighted by Crippen LogP contribution is -2.60. The highest BCUT2D eigenvalue weighted by atomic mass is 16.5. The molecule has 3 fully saturated rings. The first-order chi connectivity index (χ1) is 14.4. The smallest absolute Gasteiger partial charge is 0.311 e.